The fraction of sp³-hybridized carbons (Fsp3) is 0.176. The second kappa shape index (κ2) is 6.42. The van der Waals surface area contributed by atoms with Crippen molar-refractivity contribution in [1.29, 1.82) is 0 Å². The van der Waals surface area contributed by atoms with Crippen molar-refractivity contribution in [2.45, 2.75) is 13.3 Å². The minimum absolute atomic E-state index is 0.230. The van der Waals surface area contributed by atoms with E-state index < -0.39 is 0 Å². The molecule has 2 heterocycles. The molecule has 3 rings (SSSR count). The van der Waals surface area contributed by atoms with Crippen molar-refractivity contribution >= 4 is 44.9 Å². The molecule has 2 aromatic heterocycles. The van der Waals surface area contributed by atoms with Gasteiger partial charge in [-0.2, -0.15) is 4.99 Å². The molecular weight excluding hydrogens is 312 g/mol. The topological polar surface area (TPSA) is 34.4 Å². The van der Waals surface area contributed by atoms with Gasteiger partial charge in [-0.05, 0) is 41.6 Å². The van der Waals surface area contributed by atoms with Crippen LogP contribution in [0.4, 0.5) is 0 Å². The van der Waals surface area contributed by atoms with Crippen LogP contribution in [0.1, 0.15) is 17.4 Å². The van der Waals surface area contributed by atoms with E-state index in [0.717, 1.165) is 26.3 Å². The number of amides is 1. The monoisotopic (exact) mass is 328 g/mol. The zero-order chi connectivity index (χ0) is 15.5. The van der Waals surface area contributed by atoms with E-state index in [-0.39, 0.29) is 5.91 Å². The second-order valence-electron chi connectivity index (χ2n) is 4.90. The summed E-state index contributed by atoms with van der Waals surface area (Å²) in [6.07, 6.45) is 4.33. The first-order valence-corrected chi connectivity index (χ1v) is 8.75. The number of fused-ring (bicyclic) bond motifs is 1. The Morgan fingerprint density at radius 2 is 2.23 bits per heavy atom. The third-order valence-corrected chi connectivity index (χ3v) is 5.35. The number of nitrogens with zero attached hydrogens (tertiary/aromatic N) is 2. The molecule has 3 nitrogen and oxygen atoms in total. The van der Waals surface area contributed by atoms with Crippen molar-refractivity contribution < 1.29 is 4.79 Å². The number of benzene rings is 1. The Morgan fingerprint density at radius 1 is 1.36 bits per heavy atom. The lowest BCUT2D eigenvalue weighted by molar-refractivity contribution is -0.113. The summed E-state index contributed by atoms with van der Waals surface area (Å²) in [6.45, 7) is 2.14. The molecule has 0 aliphatic rings. The third-order valence-electron chi connectivity index (χ3n) is 3.42. The number of carbonyl (C=O) groups is 1. The summed E-state index contributed by atoms with van der Waals surface area (Å²) in [7, 11) is 1.94. The summed E-state index contributed by atoms with van der Waals surface area (Å²) in [4.78, 5) is 18.0. The first-order valence-electron chi connectivity index (χ1n) is 7.06. The van der Waals surface area contributed by atoms with Crippen molar-refractivity contribution in [3.8, 4) is 0 Å². The molecule has 0 aliphatic heterocycles. The van der Waals surface area contributed by atoms with Crippen molar-refractivity contribution in [2.24, 2.45) is 12.0 Å². The molecular formula is C17H16N2OS2. The Kier molecular flexibility index (Phi) is 4.36. The Bertz CT molecular complexity index is 899. The van der Waals surface area contributed by atoms with Gasteiger partial charge in [0.25, 0.3) is 5.91 Å². The number of hydrogen-bond donors (Lipinski definition) is 0. The maximum absolute atomic E-state index is 12.0. The van der Waals surface area contributed by atoms with Crippen LogP contribution in [0.5, 0.6) is 0 Å². The number of thiazole rings is 1. The zero-order valence-electron chi connectivity index (χ0n) is 12.4. The predicted octanol–water partition coefficient (Wildman–Crippen LogP) is 4.00. The van der Waals surface area contributed by atoms with Crippen LogP contribution in [0.25, 0.3) is 16.3 Å². The van der Waals surface area contributed by atoms with E-state index in [2.05, 4.69) is 30.1 Å². The molecule has 0 bridgehead atoms. The van der Waals surface area contributed by atoms with Crippen molar-refractivity contribution in [1.82, 2.24) is 4.57 Å². The van der Waals surface area contributed by atoms with Gasteiger partial charge in [0.05, 0.1) is 10.2 Å². The number of aryl methyl sites for hydroxylation is 2. The first-order chi connectivity index (χ1) is 10.7. The summed E-state index contributed by atoms with van der Waals surface area (Å²) >= 11 is 3.15. The fourth-order valence-corrected chi connectivity index (χ4v) is 3.88. The van der Waals surface area contributed by atoms with Crippen LogP contribution in [0, 0.1) is 0 Å². The van der Waals surface area contributed by atoms with Crippen LogP contribution >= 0.6 is 22.7 Å². The summed E-state index contributed by atoms with van der Waals surface area (Å²) in [6, 6.07) is 10.3. The second-order valence-corrected chi connectivity index (χ2v) is 6.89. The highest BCUT2D eigenvalue weighted by Crippen LogP contribution is 2.18. The lowest BCUT2D eigenvalue weighted by Crippen LogP contribution is -2.12. The molecule has 1 amide bonds. The molecule has 0 N–H and O–H groups in total. The fourth-order valence-electron chi connectivity index (χ4n) is 2.18. The first kappa shape index (κ1) is 14.9. The molecule has 0 aliphatic carbocycles. The summed E-state index contributed by atoms with van der Waals surface area (Å²) in [5.41, 5.74) is 2.40. The highest BCUT2D eigenvalue weighted by molar-refractivity contribution is 7.16. The standard InChI is InChI=1S/C17H16N2OS2/c1-3-12-6-8-14-15(11-12)22-17(19(14)2)18-16(20)9-7-13-5-4-10-21-13/h4-11H,3H2,1-2H3/b9-7+,18-17?. The smallest absolute Gasteiger partial charge is 0.272 e. The minimum atomic E-state index is -0.230. The number of aromatic nitrogens is 1. The molecule has 0 atom stereocenters. The average molecular weight is 328 g/mol. The van der Waals surface area contributed by atoms with Crippen LogP contribution < -0.4 is 4.80 Å². The molecule has 0 fully saturated rings. The van der Waals surface area contributed by atoms with Gasteiger partial charge in [-0.25, -0.2) is 0 Å². The van der Waals surface area contributed by atoms with Gasteiger partial charge in [0.2, 0.25) is 0 Å². The van der Waals surface area contributed by atoms with Gasteiger partial charge < -0.3 is 4.57 Å². The lowest BCUT2D eigenvalue weighted by Gasteiger charge is -1.97. The molecule has 0 unspecified atom stereocenters. The Hall–Kier alpha value is -1.98. The van der Waals surface area contributed by atoms with E-state index >= 15 is 0 Å². The normalized spacial score (nSPS) is 12.5. The van der Waals surface area contributed by atoms with Gasteiger partial charge >= 0.3 is 0 Å². The number of hydrogen-bond acceptors (Lipinski definition) is 3. The molecule has 112 valence electrons. The number of carbonyl (C=O) groups excluding carboxylic acids is 1. The van der Waals surface area contributed by atoms with Crippen LogP contribution in [-0.2, 0) is 18.3 Å². The maximum Gasteiger partial charge on any atom is 0.272 e. The highest BCUT2D eigenvalue weighted by Gasteiger charge is 2.04. The quantitative estimate of drug-likeness (QED) is 0.669. The van der Waals surface area contributed by atoms with Crippen LogP contribution in [0.15, 0.2) is 46.8 Å². The Labute approximate surface area is 136 Å². The minimum Gasteiger partial charge on any atom is -0.319 e. The molecule has 0 radical (unpaired) electrons. The van der Waals surface area contributed by atoms with E-state index in [0.29, 0.717) is 0 Å². The van der Waals surface area contributed by atoms with Gasteiger partial charge in [0.1, 0.15) is 0 Å². The molecule has 0 saturated heterocycles. The summed E-state index contributed by atoms with van der Waals surface area (Å²) < 4.78 is 3.13. The maximum atomic E-state index is 12.0. The van der Waals surface area contributed by atoms with Crippen molar-refractivity contribution in [2.75, 3.05) is 0 Å². The summed E-state index contributed by atoms with van der Waals surface area (Å²) in [5, 5.41) is 1.98. The van der Waals surface area contributed by atoms with E-state index in [4.69, 9.17) is 0 Å². The molecule has 0 saturated carbocycles. The van der Waals surface area contributed by atoms with Crippen LogP contribution in [0.3, 0.4) is 0 Å². The molecule has 5 heteroatoms. The van der Waals surface area contributed by atoms with E-state index in [9.17, 15) is 4.79 Å². The van der Waals surface area contributed by atoms with E-state index in [1.54, 1.807) is 28.7 Å². The van der Waals surface area contributed by atoms with Crippen LogP contribution in [0.2, 0.25) is 0 Å². The third kappa shape index (κ3) is 3.10. The lowest BCUT2D eigenvalue weighted by atomic mass is 10.2. The zero-order valence-corrected chi connectivity index (χ0v) is 14.1. The molecule has 1 aromatic carbocycles. The largest absolute Gasteiger partial charge is 0.319 e. The Morgan fingerprint density at radius 3 is 2.95 bits per heavy atom. The number of rotatable bonds is 3. The highest BCUT2D eigenvalue weighted by atomic mass is 32.1. The van der Waals surface area contributed by atoms with Gasteiger partial charge in [-0.3, -0.25) is 4.79 Å². The van der Waals surface area contributed by atoms with Gasteiger partial charge in [0, 0.05) is 18.0 Å². The molecule has 3 aromatic rings. The Balaban J connectivity index is 1.95. The molecule has 22 heavy (non-hydrogen) atoms. The number of thiophene rings is 1. The molecule has 0 spiro atoms. The average Bonchev–Trinajstić information content (AvgIpc) is 3.14. The van der Waals surface area contributed by atoms with Gasteiger partial charge in [-0.15, -0.1) is 11.3 Å². The SMILES string of the molecule is CCc1ccc2c(c1)sc(=NC(=O)/C=C/c1cccs1)n2C. The van der Waals surface area contributed by atoms with Gasteiger partial charge in [0.15, 0.2) is 4.80 Å². The van der Waals surface area contributed by atoms with Crippen LogP contribution in [-0.4, -0.2) is 10.5 Å². The summed E-state index contributed by atoms with van der Waals surface area (Å²) in [5.74, 6) is -0.230. The van der Waals surface area contributed by atoms with Gasteiger partial charge in [-0.1, -0.05) is 30.4 Å². The van der Waals surface area contributed by atoms with E-state index in [1.165, 1.54) is 11.6 Å². The van der Waals surface area contributed by atoms with Crippen molar-refractivity contribution in [3.63, 3.8) is 0 Å². The predicted molar refractivity (Wildman–Crippen MR) is 94.1 cm³/mol. The van der Waals surface area contributed by atoms with E-state index in [1.807, 2.05) is 29.1 Å². The van der Waals surface area contributed by atoms with Crippen molar-refractivity contribution in [3.05, 3.63) is 57.0 Å².